The number of hydrogen-bond donors (Lipinski definition) is 2. The molecule has 3 N–H and O–H groups in total. The molecular formula is C13H12N2S. The van der Waals surface area contributed by atoms with E-state index >= 15 is 0 Å². The quantitative estimate of drug-likeness (QED) is 0.788. The van der Waals surface area contributed by atoms with Gasteiger partial charge in [0.05, 0.1) is 0 Å². The first-order valence-corrected chi connectivity index (χ1v) is 6.14. The summed E-state index contributed by atoms with van der Waals surface area (Å²) >= 11 is 1.61. The maximum Gasteiger partial charge on any atom is 0.127 e. The third kappa shape index (κ3) is 1.68. The first kappa shape index (κ1) is 9.75. The Morgan fingerprint density at radius 3 is 2.62 bits per heavy atom. The molecule has 0 aromatic heterocycles. The minimum atomic E-state index is -0.0125. The molecule has 0 fully saturated rings. The molecule has 2 aromatic carbocycles. The minimum absolute atomic E-state index is 0.0125. The van der Waals surface area contributed by atoms with Crippen molar-refractivity contribution in [3.05, 3.63) is 53.4 Å². The van der Waals surface area contributed by atoms with E-state index in [1.165, 1.54) is 16.3 Å². The summed E-state index contributed by atoms with van der Waals surface area (Å²) in [5, 5.41) is 7.84. The van der Waals surface area contributed by atoms with Gasteiger partial charge in [-0.1, -0.05) is 48.2 Å². The summed E-state index contributed by atoms with van der Waals surface area (Å²) < 4.78 is 0. The number of nitrogens with one attached hydrogen (secondary N) is 1. The summed E-state index contributed by atoms with van der Waals surface area (Å²) in [6, 6.07) is 14.8. The third-order valence-electron chi connectivity index (χ3n) is 2.69. The smallest absolute Gasteiger partial charge is 0.127 e. The fourth-order valence-electron chi connectivity index (χ4n) is 1.87. The lowest BCUT2D eigenvalue weighted by Gasteiger charge is -2.08. The van der Waals surface area contributed by atoms with E-state index in [0.717, 1.165) is 5.70 Å². The van der Waals surface area contributed by atoms with E-state index in [-0.39, 0.29) is 5.50 Å². The van der Waals surface area contributed by atoms with E-state index in [0.29, 0.717) is 0 Å². The zero-order chi connectivity index (χ0) is 11.0. The van der Waals surface area contributed by atoms with Crippen LogP contribution in [0.2, 0.25) is 0 Å². The van der Waals surface area contributed by atoms with Crippen LogP contribution in [-0.2, 0) is 0 Å². The van der Waals surface area contributed by atoms with Gasteiger partial charge in [0.1, 0.15) is 5.50 Å². The molecular weight excluding hydrogens is 216 g/mol. The summed E-state index contributed by atoms with van der Waals surface area (Å²) in [6.07, 6.45) is 0. The van der Waals surface area contributed by atoms with Gasteiger partial charge < -0.3 is 11.1 Å². The Labute approximate surface area is 98.5 Å². The van der Waals surface area contributed by atoms with Crippen molar-refractivity contribution in [2.24, 2.45) is 5.73 Å². The van der Waals surface area contributed by atoms with Gasteiger partial charge in [-0.05, 0) is 27.8 Å². The molecule has 2 aromatic rings. The van der Waals surface area contributed by atoms with Gasteiger partial charge in [0.2, 0.25) is 0 Å². The highest BCUT2D eigenvalue weighted by atomic mass is 32.2. The van der Waals surface area contributed by atoms with E-state index in [2.05, 4.69) is 53.2 Å². The molecule has 3 heteroatoms. The van der Waals surface area contributed by atoms with Crippen LogP contribution >= 0.6 is 11.8 Å². The molecule has 0 saturated heterocycles. The first-order chi connectivity index (χ1) is 7.83. The Morgan fingerprint density at radius 1 is 1.06 bits per heavy atom. The van der Waals surface area contributed by atoms with Crippen molar-refractivity contribution < 1.29 is 0 Å². The number of thioether (sulfide) groups is 1. The normalized spacial score (nSPS) is 19.6. The van der Waals surface area contributed by atoms with Crippen LogP contribution in [0.25, 0.3) is 16.5 Å². The molecule has 0 saturated carbocycles. The van der Waals surface area contributed by atoms with Gasteiger partial charge in [-0.2, -0.15) is 0 Å². The highest BCUT2D eigenvalue weighted by Crippen LogP contribution is 2.26. The van der Waals surface area contributed by atoms with Crippen molar-refractivity contribution >= 4 is 28.2 Å². The summed E-state index contributed by atoms with van der Waals surface area (Å²) in [4.78, 5) is 0. The molecule has 1 aliphatic heterocycles. The van der Waals surface area contributed by atoms with Crippen molar-refractivity contribution in [2.45, 2.75) is 5.50 Å². The fourth-order valence-corrected chi connectivity index (χ4v) is 2.55. The van der Waals surface area contributed by atoms with Crippen LogP contribution in [-0.4, -0.2) is 5.50 Å². The Morgan fingerprint density at radius 2 is 1.88 bits per heavy atom. The molecule has 3 rings (SSSR count). The van der Waals surface area contributed by atoms with Gasteiger partial charge in [-0.25, -0.2) is 0 Å². The highest BCUT2D eigenvalue weighted by molar-refractivity contribution is 8.03. The van der Waals surface area contributed by atoms with Gasteiger partial charge in [-0.15, -0.1) is 0 Å². The molecule has 1 atom stereocenters. The topological polar surface area (TPSA) is 38.0 Å². The van der Waals surface area contributed by atoms with E-state index in [1.807, 2.05) is 0 Å². The van der Waals surface area contributed by atoms with E-state index in [4.69, 9.17) is 5.73 Å². The van der Waals surface area contributed by atoms with Crippen molar-refractivity contribution in [3.8, 4) is 0 Å². The monoisotopic (exact) mass is 228 g/mol. The lowest BCUT2D eigenvalue weighted by Crippen LogP contribution is -2.28. The second-order valence-corrected chi connectivity index (χ2v) is 4.81. The number of rotatable bonds is 1. The molecule has 0 bridgehead atoms. The second kappa shape index (κ2) is 3.85. The molecule has 80 valence electrons. The van der Waals surface area contributed by atoms with Crippen LogP contribution in [0, 0.1) is 0 Å². The largest absolute Gasteiger partial charge is 0.360 e. The standard InChI is InChI=1S/C13H12N2S/c14-13-15-12(8-16-13)11-6-5-9-3-1-2-4-10(9)7-11/h1-8,13,15H,14H2/t13-/m1/s1. The van der Waals surface area contributed by atoms with Crippen LogP contribution in [0.3, 0.4) is 0 Å². The lowest BCUT2D eigenvalue weighted by molar-refractivity contribution is 0.853. The molecule has 0 spiro atoms. The summed E-state index contributed by atoms with van der Waals surface area (Å²) in [5.74, 6) is 0. The summed E-state index contributed by atoms with van der Waals surface area (Å²) in [7, 11) is 0. The van der Waals surface area contributed by atoms with Crippen LogP contribution in [0.1, 0.15) is 5.56 Å². The number of nitrogens with two attached hydrogens (primary N) is 1. The average molecular weight is 228 g/mol. The van der Waals surface area contributed by atoms with Gasteiger partial charge in [0, 0.05) is 5.70 Å². The lowest BCUT2D eigenvalue weighted by atomic mass is 10.1. The fraction of sp³-hybridized carbons (Fsp3) is 0.0769. The first-order valence-electron chi connectivity index (χ1n) is 5.20. The van der Waals surface area contributed by atoms with Gasteiger partial charge in [-0.3, -0.25) is 0 Å². The van der Waals surface area contributed by atoms with E-state index < -0.39 is 0 Å². The van der Waals surface area contributed by atoms with Crippen molar-refractivity contribution in [1.82, 2.24) is 5.32 Å². The molecule has 16 heavy (non-hydrogen) atoms. The number of fused-ring (bicyclic) bond motifs is 1. The van der Waals surface area contributed by atoms with Crippen LogP contribution in [0.15, 0.2) is 47.9 Å². The zero-order valence-corrected chi connectivity index (χ0v) is 9.50. The van der Waals surface area contributed by atoms with Gasteiger partial charge in [0.25, 0.3) is 0 Å². The summed E-state index contributed by atoms with van der Waals surface area (Å²) in [6.45, 7) is 0. The average Bonchev–Trinajstić information content (AvgIpc) is 2.75. The second-order valence-electron chi connectivity index (χ2n) is 3.79. The molecule has 1 heterocycles. The van der Waals surface area contributed by atoms with Crippen molar-refractivity contribution in [2.75, 3.05) is 0 Å². The van der Waals surface area contributed by atoms with Crippen LogP contribution < -0.4 is 11.1 Å². The molecule has 0 unspecified atom stereocenters. The van der Waals surface area contributed by atoms with E-state index in [9.17, 15) is 0 Å². The predicted molar refractivity (Wildman–Crippen MR) is 70.6 cm³/mol. The molecule has 0 aliphatic carbocycles. The van der Waals surface area contributed by atoms with Crippen molar-refractivity contribution in [3.63, 3.8) is 0 Å². The Hall–Kier alpha value is -1.45. The Balaban J connectivity index is 2.05. The summed E-state index contributed by atoms with van der Waals surface area (Å²) in [5.41, 5.74) is 8.07. The molecule has 2 nitrogen and oxygen atoms in total. The predicted octanol–water partition coefficient (Wildman–Crippen LogP) is 2.72. The maximum absolute atomic E-state index is 5.77. The zero-order valence-electron chi connectivity index (χ0n) is 8.68. The minimum Gasteiger partial charge on any atom is -0.360 e. The maximum atomic E-state index is 5.77. The van der Waals surface area contributed by atoms with Crippen LogP contribution in [0.5, 0.6) is 0 Å². The van der Waals surface area contributed by atoms with E-state index in [1.54, 1.807) is 11.8 Å². The SMILES string of the molecule is N[C@@H]1NC(c2ccc3ccccc3c2)=CS1. The number of hydrogen-bond acceptors (Lipinski definition) is 3. The molecule has 0 amide bonds. The third-order valence-corrected chi connectivity index (χ3v) is 3.47. The van der Waals surface area contributed by atoms with Gasteiger partial charge in [0.15, 0.2) is 0 Å². The Bertz CT molecular complexity index is 563. The van der Waals surface area contributed by atoms with Crippen LogP contribution in [0.4, 0.5) is 0 Å². The Kier molecular flexibility index (Phi) is 2.35. The van der Waals surface area contributed by atoms with Crippen molar-refractivity contribution in [1.29, 1.82) is 0 Å². The van der Waals surface area contributed by atoms with Gasteiger partial charge >= 0.3 is 0 Å². The highest BCUT2D eigenvalue weighted by Gasteiger charge is 2.13. The number of benzene rings is 2. The molecule has 0 radical (unpaired) electrons. The molecule has 1 aliphatic rings.